The second-order valence-electron chi connectivity index (χ2n) is 6.49. The van der Waals surface area contributed by atoms with Gasteiger partial charge in [-0.1, -0.05) is 68.3 Å². The van der Waals surface area contributed by atoms with Gasteiger partial charge in [-0.25, -0.2) is 0 Å². The number of halogens is 2. The Morgan fingerprint density at radius 1 is 0.533 bits per heavy atom. The van der Waals surface area contributed by atoms with Crippen LogP contribution in [0.4, 0.5) is 11.4 Å². The van der Waals surface area contributed by atoms with Crippen LogP contribution >= 0.6 is 31.9 Å². The lowest BCUT2D eigenvalue weighted by molar-refractivity contribution is -0.384. The van der Waals surface area contributed by atoms with Crippen molar-refractivity contribution < 1.29 is 9.85 Å². The third-order valence-electron chi connectivity index (χ3n) is 4.84. The summed E-state index contributed by atoms with van der Waals surface area (Å²) in [5, 5.41) is 24.7. The van der Waals surface area contributed by atoms with Gasteiger partial charge in [-0.3, -0.25) is 20.2 Å². The molecule has 8 heteroatoms. The Balaban J connectivity index is 2.13. The maximum atomic E-state index is 11.6. The SMILES string of the molecule is O=[N+]([O-])c1ccccc1-c1ccc(Br)c2c(-c3ccccc3[N+](=O)[O-])ccc(Br)c12. The zero-order valence-electron chi connectivity index (χ0n) is 15.2. The number of hydrogen-bond donors (Lipinski definition) is 0. The van der Waals surface area contributed by atoms with Gasteiger partial charge in [0.2, 0.25) is 0 Å². The summed E-state index contributed by atoms with van der Waals surface area (Å²) in [5.41, 5.74) is 2.25. The highest BCUT2D eigenvalue weighted by atomic mass is 79.9. The van der Waals surface area contributed by atoms with E-state index in [1.807, 2.05) is 12.1 Å². The number of nitro benzene ring substituents is 2. The van der Waals surface area contributed by atoms with E-state index >= 15 is 0 Å². The van der Waals surface area contributed by atoms with Crippen LogP contribution in [0, 0.1) is 20.2 Å². The second kappa shape index (κ2) is 7.97. The molecule has 4 rings (SSSR count). The van der Waals surface area contributed by atoms with Gasteiger partial charge < -0.3 is 0 Å². The molecule has 0 N–H and O–H groups in total. The van der Waals surface area contributed by atoms with Gasteiger partial charge in [-0.05, 0) is 35.4 Å². The largest absolute Gasteiger partial charge is 0.277 e. The summed E-state index contributed by atoms with van der Waals surface area (Å²) in [6.45, 7) is 0. The molecule has 0 saturated heterocycles. The van der Waals surface area contributed by atoms with Crippen LogP contribution in [0.3, 0.4) is 0 Å². The van der Waals surface area contributed by atoms with Crippen LogP contribution in [0.25, 0.3) is 33.0 Å². The van der Waals surface area contributed by atoms with Gasteiger partial charge in [0.15, 0.2) is 0 Å². The van der Waals surface area contributed by atoms with E-state index in [9.17, 15) is 20.2 Å². The molecule has 4 aromatic rings. The van der Waals surface area contributed by atoms with Gasteiger partial charge in [0, 0.05) is 31.9 Å². The Labute approximate surface area is 187 Å². The van der Waals surface area contributed by atoms with E-state index < -0.39 is 9.85 Å². The standard InChI is InChI=1S/C22H12Br2N2O4/c23-17-12-10-16(14-6-2-4-8-20(14)26(29)30)22-18(24)11-9-15(21(17)22)13-5-1-3-7-19(13)25(27)28/h1-12H. The maximum absolute atomic E-state index is 11.6. The average Bonchev–Trinajstić information content (AvgIpc) is 2.74. The Bertz CT molecular complexity index is 1240. The zero-order valence-corrected chi connectivity index (χ0v) is 18.4. The quantitative estimate of drug-likeness (QED) is 0.203. The van der Waals surface area contributed by atoms with Crippen molar-refractivity contribution >= 4 is 54.0 Å². The lowest BCUT2D eigenvalue weighted by atomic mass is 9.92. The van der Waals surface area contributed by atoms with Crippen LogP contribution in [0.2, 0.25) is 0 Å². The molecule has 0 bridgehead atoms. The smallest absolute Gasteiger partial charge is 0.258 e. The van der Waals surface area contributed by atoms with Crippen LogP contribution in [0.5, 0.6) is 0 Å². The molecular weight excluding hydrogens is 516 g/mol. The van der Waals surface area contributed by atoms with Crippen molar-refractivity contribution in [2.45, 2.75) is 0 Å². The van der Waals surface area contributed by atoms with Crippen molar-refractivity contribution in [2.24, 2.45) is 0 Å². The van der Waals surface area contributed by atoms with E-state index in [4.69, 9.17) is 0 Å². The first-order valence-electron chi connectivity index (χ1n) is 8.78. The number of fused-ring (bicyclic) bond motifs is 1. The Kier molecular flexibility index (Phi) is 5.36. The lowest BCUT2D eigenvalue weighted by Gasteiger charge is -2.15. The minimum absolute atomic E-state index is 0.0101. The number of nitro groups is 2. The highest BCUT2D eigenvalue weighted by Gasteiger charge is 2.22. The van der Waals surface area contributed by atoms with E-state index in [-0.39, 0.29) is 11.4 Å². The fourth-order valence-electron chi connectivity index (χ4n) is 3.58. The fraction of sp³-hybridized carbons (Fsp3) is 0. The van der Waals surface area contributed by atoms with Crippen molar-refractivity contribution in [1.29, 1.82) is 0 Å². The highest BCUT2D eigenvalue weighted by Crippen LogP contribution is 2.45. The van der Waals surface area contributed by atoms with E-state index in [0.29, 0.717) is 22.3 Å². The number of benzene rings is 4. The van der Waals surface area contributed by atoms with Crippen molar-refractivity contribution in [1.82, 2.24) is 0 Å². The minimum atomic E-state index is -0.414. The van der Waals surface area contributed by atoms with Crippen LogP contribution < -0.4 is 0 Å². The topological polar surface area (TPSA) is 86.3 Å². The molecule has 0 aliphatic carbocycles. The lowest BCUT2D eigenvalue weighted by Crippen LogP contribution is -1.95. The summed E-state index contributed by atoms with van der Waals surface area (Å²) < 4.78 is 1.46. The Morgan fingerprint density at radius 2 is 0.900 bits per heavy atom. The van der Waals surface area contributed by atoms with Crippen LogP contribution in [0.1, 0.15) is 0 Å². The molecule has 148 valence electrons. The molecule has 0 aliphatic heterocycles. The fourth-order valence-corrected chi connectivity index (χ4v) is 4.67. The van der Waals surface area contributed by atoms with Crippen LogP contribution in [-0.4, -0.2) is 9.85 Å². The van der Waals surface area contributed by atoms with E-state index in [1.54, 1.807) is 48.5 Å². The predicted octanol–water partition coefficient (Wildman–Crippen LogP) is 7.52. The maximum Gasteiger partial charge on any atom is 0.277 e. The molecule has 0 aliphatic rings. The summed E-state index contributed by atoms with van der Waals surface area (Å²) in [5.74, 6) is 0. The molecule has 6 nitrogen and oxygen atoms in total. The molecule has 0 radical (unpaired) electrons. The van der Waals surface area contributed by atoms with Gasteiger partial charge >= 0.3 is 0 Å². The predicted molar refractivity (Wildman–Crippen MR) is 124 cm³/mol. The molecule has 30 heavy (non-hydrogen) atoms. The number of para-hydroxylation sites is 2. The molecular formula is C22H12Br2N2O4. The third-order valence-corrected chi connectivity index (χ3v) is 6.16. The first kappa shape index (κ1) is 20.2. The summed E-state index contributed by atoms with van der Waals surface area (Å²) in [6, 6.07) is 20.3. The van der Waals surface area contributed by atoms with Crippen molar-refractivity contribution in [3.05, 3.63) is 102 Å². The summed E-state index contributed by atoms with van der Waals surface area (Å²) in [4.78, 5) is 22.4. The summed E-state index contributed by atoms with van der Waals surface area (Å²) in [6.07, 6.45) is 0. The van der Waals surface area contributed by atoms with E-state index in [2.05, 4.69) is 31.9 Å². The molecule has 0 amide bonds. The normalized spacial score (nSPS) is 10.9. The zero-order chi connectivity index (χ0) is 21.4. The van der Waals surface area contributed by atoms with Gasteiger partial charge in [-0.15, -0.1) is 0 Å². The summed E-state index contributed by atoms with van der Waals surface area (Å²) >= 11 is 7.14. The number of rotatable bonds is 4. The molecule has 0 atom stereocenters. The number of nitrogens with zero attached hydrogens (tertiary/aromatic N) is 2. The molecule has 4 aromatic carbocycles. The first-order chi connectivity index (χ1) is 14.4. The van der Waals surface area contributed by atoms with Gasteiger partial charge in [-0.2, -0.15) is 0 Å². The second-order valence-corrected chi connectivity index (χ2v) is 8.20. The summed E-state index contributed by atoms with van der Waals surface area (Å²) in [7, 11) is 0. The molecule has 0 fully saturated rings. The molecule has 0 spiro atoms. The highest BCUT2D eigenvalue weighted by molar-refractivity contribution is 9.11. The minimum Gasteiger partial charge on any atom is -0.258 e. The molecule has 0 aromatic heterocycles. The van der Waals surface area contributed by atoms with Gasteiger partial charge in [0.1, 0.15) is 0 Å². The number of hydrogen-bond acceptors (Lipinski definition) is 4. The Morgan fingerprint density at radius 3 is 1.27 bits per heavy atom. The first-order valence-corrected chi connectivity index (χ1v) is 10.4. The third kappa shape index (κ3) is 3.38. The van der Waals surface area contributed by atoms with Crippen molar-refractivity contribution in [3.8, 4) is 22.3 Å². The Hall–Kier alpha value is -3.10. The van der Waals surface area contributed by atoms with Crippen molar-refractivity contribution in [2.75, 3.05) is 0 Å². The van der Waals surface area contributed by atoms with E-state index in [0.717, 1.165) is 19.7 Å². The van der Waals surface area contributed by atoms with Gasteiger partial charge in [0.25, 0.3) is 11.4 Å². The van der Waals surface area contributed by atoms with Gasteiger partial charge in [0.05, 0.1) is 21.0 Å². The molecule has 0 saturated carbocycles. The molecule has 0 unspecified atom stereocenters. The monoisotopic (exact) mass is 526 g/mol. The molecule has 0 heterocycles. The van der Waals surface area contributed by atoms with Crippen LogP contribution in [-0.2, 0) is 0 Å². The van der Waals surface area contributed by atoms with E-state index in [1.165, 1.54) is 12.1 Å². The van der Waals surface area contributed by atoms with Crippen molar-refractivity contribution in [3.63, 3.8) is 0 Å². The average molecular weight is 528 g/mol. The van der Waals surface area contributed by atoms with Crippen LogP contribution in [0.15, 0.2) is 81.7 Å².